The van der Waals surface area contributed by atoms with Crippen LogP contribution in [0.2, 0.25) is 0 Å². The summed E-state index contributed by atoms with van der Waals surface area (Å²) in [4.78, 5) is 0. The van der Waals surface area contributed by atoms with Crippen molar-refractivity contribution < 1.29 is 18.6 Å². The maximum Gasteiger partial charge on any atom is 0.495 e. The summed E-state index contributed by atoms with van der Waals surface area (Å²) < 4.78 is 25.6. The van der Waals surface area contributed by atoms with E-state index in [2.05, 4.69) is 79.7 Å². The molecule has 2 aromatic carbocycles. The quantitative estimate of drug-likeness (QED) is 0.724. The summed E-state index contributed by atoms with van der Waals surface area (Å²) in [7, 11) is -0.930. The van der Waals surface area contributed by atoms with Crippen LogP contribution in [0.3, 0.4) is 0 Å². The van der Waals surface area contributed by atoms with Crippen molar-refractivity contribution in [3.05, 3.63) is 48.5 Å². The van der Waals surface area contributed by atoms with Crippen LogP contribution in [0.5, 0.6) is 0 Å². The molecule has 158 valence electrons. The molecule has 2 aliphatic heterocycles. The Hall–Kier alpha value is -1.59. The maximum absolute atomic E-state index is 6.41. The van der Waals surface area contributed by atoms with Crippen LogP contribution in [-0.4, -0.2) is 36.6 Å². The van der Waals surface area contributed by atoms with Gasteiger partial charge < -0.3 is 18.6 Å². The number of hydrogen-bond acceptors (Lipinski definition) is 4. The van der Waals surface area contributed by atoms with Gasteiger partial charge in [-0.1, -0.05) is 48.5 Å². The fourth-order valence-corrected chi connectivity index (χ4v) is 3.86. The van der Waals surface area contributed by atoms with Crippen molar-refractivity contribution in [1.82, 2.24) is 0 Å². The van der Waals surface area contributed by atoms with Crippen LogP contribution >= 0.6 is 0 Å². The highest BCUT2D eigenvalue weighted by Gasteiger charge is 2.55. The highest BCUT2D eigenvalue weighted by atomic mass is 16.7. The van der Waals surface area contributed by atoms with Crippen molar-refractivity contribution in [3.8, 4) is 11.1 Å². The summed E-state index contributed by atoms with van der Waals surface area (Å²) in [5, 5.41) is 0. The molecule has 2 heterocycles. The lowest BCUT2D eigenvalue weighted by molar-refractivity contribution is 0.00578. The van der Waals surface area contributed by atoms with Gasteiger partial charge in [-0.15, -0.1) is 0 Å². The van der Waals surface area contributed by atoms with Gasteiger partial charge in [-0.05, 0) is 77.4 Å². The van der Waals surface area contributed by atoms with Crippen LogP contribution in [0.1, 0.15) is 55.4 Å². The minimum atomic E-state index is -0.465. The topological polar surface area (TPSA) is 36.9 Å². The van der Waals surface area contributed by atoms with Crippen LogP contribution in [0.25, 0.3) is 11.1 Å². The van der Waals surface area contributed by atoms with E-state index < -0.39 is 36.6 Å². The third-order valence-electron chi connectivity index (χ3n) is 7.21. The second kappa shape index (κ2) is 6.96. The molecule has 4 nitrogen and oxygen atoms in total. The summed E-state index contributed by atoms with van der Waals surface area (Å²) in [6.45, 7) is 16.6. The van der Waals surface area contributed by atoms with Gasteiger partial charge in [0.05, 0.1) is 22.4 Å². The van der Waals surface area contributed by atoms with Gasteiger partial charge in [0.1, 0.15) is 0 Å². The van der Waals surface area contributed by atoms with E-state index in [9.17, 15) is 0 Å². The van der Waals surface area contributed by atoms with E-state index in [1.807, 2.05) is 24.3 Å². The zero-order valence-electron chi connectivity index (χ0n) is 19.4. The van der Waals surface area contributed by atoms with Gasteiger partial charge in [0.25, 0.3) is 0 Å². The van der Waals surface area contributed by atoms with Crippen molar-refractivity contribution in [1.29, 1.82) is 0 Å². The highest BCUT2D eigenvalue weighted by Crippen LogP contribution is 2.39. The summed E-state index contributed by atoms with van der Waals surface area (Å²) >= 11 is 0. The molecule has 6 heteroatoms. The summed E-state index contributed by atoms with van der Waals surface area (Å²) in [6.07, 6.45) is 0. The Morgan fingerprint density at radius 2 is 0.867 bits per heavy atom. The second-order valence-electron chi connectivity index (χ2n) is 10.4. The molecule has 0 amide bonds. The molecular formula is C24H32B2O4. The maximum atomic E-state index is 6.41. The Kier molecular flexibility index (Phi) is 5.02. The van der Waals surface area contributed by atoms with Gasteiger partial charge in [-0.2, -0.15) is 0 Å². The van der Waals surface area contributed by atoms with Crippen LogP contribution in [0, 0.1) is 0 Å². The monoisotopic (exact) mass is 406 g/mol. The second-order valence-corrected chi connectivity index (χ2v) is 10.4. The number of rotatable bonds is 3. The van der Waals surface area contributed by atoms with Gasteiger partial charge in [0, 0.05) is 0 Å². The average molecular weight is 406 g/mol. The zero-order chi connectivity index (χ0) is 21.9. The third-order valence-corrected chi connectivity index (χ3v) is 7.21. The minimum absolute atomic E-state index is 0.411. The Bertz CT molecular complexity index is 851. The minimum Gasteiger partial charge on any atom is -0.399 e. The average Bonchev–Trinajstić information content (AvgIpc) is 3.01. The Morgan fingerprint density at radius 3 is 1.23 bits per heavy atom. The first kappa shape index (κ1) is 21.6. The Morgan fingerprint density at radius 1 is 0.500 bits per heavy atom. The van der Waals surface area contributed by atoms with Crippen LogP contribution < -0.4 is 10.9 Å². The summed E-state index contributed by atoms with van der Waals surface area (Å²) in [5.74, 6) is 0. The summed E-state index contributed by atoms with van der Waals surface area (Å²) in [5.41, 5.74) is 2.48. The van der Waals surface area contributed by atoms with Crippen molar-refractivity contribution in [2.24, 2.45) is 0 Å². The lowest BCUT2D eigenvalue weighted by atomic mass is 9.66. The fourth-order valence-electron chi connectivity index (χ4n) is 3.86. The first-order valence-electron chi connectivity index (χ1n) is 10.7. The third kappa shape index (κ3) is 3.44. The van der Waals surface area contributed by atoms with Crippen LogP contribution in [0.15, 0.2) is 48.5 Å². The lowest BCUT2D eigenvalue weighted by Gasteiger charge is -2.32. The normalized spacial score (nSPS) is 23.7. The predicted octanol–water partition coefficient (Wildman–Crippen LogP) is 3.95. The van der Waals surface area contributed by atoms with Gasteiger partial charge in [0.2, 0.25) is 0 Å². The van der Waals surface area contributed by atoms with Crippen molar-refractivity contribution in [2.75, 3.05) is 0 Å². The van der Waals surface area contributed by atoms with Crippen molar-refractivity contribution in [3.63, 3.8) is 0 Å². The van der Waals surface area contributed by atoms with E-state index in [4.69, 9.17) is 18.6 Å². The van der Waals surface area contributed by atoms with E-state index in [-0.39, 0.29) is 0 Å². The van der Waals surface area contributed by atoms with Gasteiger partial charge in [-0.25, -0.2) is 0 Å². The first-order valence-corrected chi connectivity index (χ1v) is 10.7. The van der Waals surface area contributed by atoms with E-state index in [1.165, 1.54) is 0 Å². The molecule has 0 aliphatic carbocycles. The summed E-state index contributed by atoms with van der Waals surface area (Å²) in [6, 6.07) is 16.5. The number of benzene rings is 2. The van der Waals surface area contributed by atoms with Gasteiger partial charge in [-0.3, -0.25) is 0 Å². The first-order chi connectivity index (χ1) is 13.8. The molecule has 0 radical (unpaired) electrons. The molecule has 30 heavy (non-hydrogen) atoms. The largest absolute Gasteiger partial charge is 0.495 e. The van der Waals surface area contributed by atoms with Gasteiger partial charge >= 0.3 is 14.2 Å². The lowest BCUT2D eigenvalue weighted by Crippen LogP contribution is -2.43. The van der Waals surface area contributed by atoms with E-state index >= 15 is 0 Å². The SMILES string of the molecule is CC1(C)OB(c2cccc(B3OC(C)(C)C(C)(C)O3)c2-c2ccccc2)OC1(C)C. The molecule has 0 unspecified atom stereocenters. The molecule has 0 spiro atoms. The molecule has 0 bridgehead atoms. The van der Waals surface area contributed by atoms with E-state index in [0.717, 1.165) is 22.1 Å². The van der Waals surface area contributed by atoms with Crippen molar-refractivity contribution >= 4 is 25.2 Å². The molecule has 2 aromatic rings. The Balaban J connectivity index is 1.85. The van der Waals surface area contributed by atoms with Gasteiger partial charge in [0.15, 0.2) is 0 Å². The Labute approximate surface area is 181 Å². The molecule has 2 aliphatic rings. The van der Waals surface area contributed by atoms with E-state index in [0.29, 0.717) is 0 Å². The molecule has 0 N–H and O–H groups in total. The number of hydrogen-bond donors (Lipinski definition) is 0. The molecule has 4 rings (SSSR count). The molecule has 2 saturated heterocycles. The zero-order valence-corrected chi connectivity index (χ0v) is 19.4. The van der Waals surface area contributed by atoms with E-state index in [1.54, 1.807) is 0 Å². The predicted molar refractivity (Wildman–Crippen MR) is 123 cm³/mol. The molecule has 2 fully saturated rings. The van der Waals surface area contributed by atoms with Crippen molar-refractivity contribution in [2.45, 2.75) is 77.8 Å². The standard InChI is InChI=1S/C24H32B2O4/c1-21(2)22(3,4)28-25(27-21)18-15-12-16-19(20(18)17-13-10-9-11-14-17)26-29-23(5,6)24(7,8)30-26/h9-16H,1-8H3. The molecular weight excluding hydrogens is 374 g/mol. The van der Waals surface area contributed by atoms with Crippen LogP contribution in [-0.2, 0) is 18.6 Å². The smallest absolute Gasteiger partial charge is 0.399 e. The molecule has 0 aromatic heterocycles. The fraction of sp³-hybridized carbons (Fsp3) is 0.500. The van der Waals surface area contributed by atoms with Crippen LogP contribution in [0.4, 0.5) is 0 Å². The highest BCUT2D eigenvalue weighted by molar-refractivity contribution is 6.69. The molecule has 0 saturated carbocycles. The molecule has 0 atom stereocenters.